The van der Waals surface area contributed by atoms with E-state index in [0.717, 1.165) is 23.5 Å². The second kappa shape index (κ2) is 44.7. The quantitative estimate of drug-likeness (QED) is 0.0226. The Kier molecular flexibility index (Phi) is 38.0. The molecular weight excluding hydrogens is 1550 g/mol. The van der Waals surface area contributed by atoms with E-state index in [2.05, 4.69) is 41.2 Å². The summed E-state index contributed by atoms with van der Waals surface area (Å²) in [6, 6.07) is -0.860. The van der Waals surface area contributed by atoms with Crippen molar-refractivity contribution < 1.29 is 192 Å². The number of likely N-dealkylation sites (N-methyl/N-ethyl adjacent to an activating group) is 1. The molecule has 0 radical (unpaired) electrons. The number of carbonyl (C=O) groups excluding carboxylic acids is 4. The molecule has 21 aliphatic heterocycles. The van der Waals surface area contributed by atoms with Gasteiger partial charge in [0.1, 0.15) is 170 Å². The Bertz CT molecular complexity index is 2740. The fraction of sp³-hybridized carbons (Fsp3) is 0.937. The van der Waals surface area contributed by atoms with E-state index in [-0.39, 0.29) is 93.3 Å². The summed E-state index contributed by atoms with van der Waals surface area (Å²) in [4.78, 5) is 51.3. The predicted octanol–water partition coefficient (Wildman–Crippen LogP) is -13.1. The van der Waals surface area contributed by atoms with E-state index in [0.29, 0.717) is 5.75 Å². The van der Waals surface area contributed by atoms with Crippen LogP contribution < -0.4 is 16.0 Å². The van der Waals surface area contributed by atoms with Crippen LogP contribution >= 0.6 is 48.8 Å². The summed E-state index contributed by atoms with van der Waals surface area (Å²) in [5, 5.41) is 227. The van der Waals surface area contributed by atoms with Crippen LogP contribution in [0.1, 0.15) is 26.2 Å². The van der Waals surface area contributed by atoms with Gasteiger partial charge in [-0.15, -0.1) is 0 Å². The molecular formula is C63H107N3O39S4. The molecule has 0 aromatic heterocycles. The lowest BCUT2D eigenvalue weighted by Crippen LogP contribution is -2.68. The number of hydrogen-bond acceptors (Lipinski definition) is 44. The number of nitrogens with one attached hydrogen (secondary N) is 3. The standard InChI is InChI=1S/C63H107N3O39S4/c1-23(72)3-7-90-9-10-91-8-4-25(73)13-24(55(88)65-5-11-106)19-108-21-32-53-39(79)46(86)62(97-32)102-51-30(17-70)93-59(42(82)35(51)75)101-50-29(16-69)96-61(45(85)38(50)78)105-54-33(22-109-20-26(64-2)56(89)66-6-12-107)98-63(47(87)40(54)80)103-52-31(18-71)94-58(43(83)36(52)76)99-48-27(14-67)92-57(41(81)34(48)74)100-49-28(15-68)95-60(104-53)44(84)37(49)77/h24,26-54,57-64,67-71,74-87,106-107H,3-22H2,1-2H3,(H,65,88)(H,66,89)/t24-,26-,27?,28?,29?,30?,31?,32?,33?,34-,35-,36-,37-,38+,39-,40-,41?,42?,43?,44?,45?,46?,47?,48-,49-,50-,51-,52-,53-,54-,57-,58-,59+,60-,61+,62-,63+/m1/s1. The molecule has 0 spiro atoms. The smallest absolute Gasteiger partial charge is 0.238 e. The molecule has 0 saturated carbocycles. The highest BCUT2D eigenvalue weighted by atomic mass is 32.2. The first kappa shape index (κ1) is 92.7. The van der Waals surface area contributed by atoms with Gasteiger partial charge in [0.25, 0.3) is 0 Å². The molecule has 22 N–H and O–H groups in total. The highest BCUT2D eigenvalue weighted by molar-refractivity contribution is 7.99. The summed E-state index contributed by atoms with van der Waals surface area (Å²) in [6.07, 6.45) is -72.0. The van der Waals surface area contributed by atoms with Crippen LogP contribution in [0.3, 0.4) is 0 Å². The lowest BCUT2D eigenvalue weighted by molar-refractivity contribution is -0.395. The van der Waals surface area contributed by atoms with Crippen LogP contribution in [0.15, 0.2) is 0 Å². The van der Waals surface area contributed by atoms with Gasteiger partial charge in [-0.05, 0) is 14.0 Å². The average Bonchev–Trinajstić information content (AvgIpc) is 0.804. The summed E-state index contributed by atoms with van der Waals surface area (Å²) in [7, 11) is 1.50. The monoisotopic (exact) mass is 1660 g/mol. The van der Waals surface area contributed by atoms with Crippen LogP contribution in [-0.2, 0) is 95.0 Å². The molecule has 109 heavy (non-hydrogen) atoms. The van der Waals surface area contributed by atoms with Gasteiger partial charge in [0.2, 0.25) is 11.8 Å². The van der Waals surface area contributed by atoms with Crippen molar-refractivity contribution in [2.24, 2.45) is 5.92 Å². The van der Waals surface area contributed by atoms with E-state index < -0.39 is 278 Å². The Morgan fingerprint density at radius 2 is 0.633 bits per heavy atom. The number of thioether (sulfide) groups is 2. The summed E-state index contributed by atoms with van der Waals surface area (Å²) in [6.45, 7) is -3.37. The number of carbonyl (C=O) groups is 4. The van der Waals surface area contributed by atoms with Crippen LogP contribution in [0.25, 0.3) is 0 Å². The third-order valence-corrected chi connectivity index (χ3v) is 22.2. The van der Waals surface area contributed by atoms with Gasteiger partial charge in [0.05, 0.1) is 83.6 Å². The van der Waals surface area contributed by atoms with Crippen molar-refractivity contribution in [3.05, 3.63) is 0 Å². The number of thiol groups is 2. The molecule has 37 atom stereocenters. The fourth-order valence-electron chi connectivity index (χ4n) is 13.3. The predicted molar refractivity (Wildman–Crippen MR) is 370 cm³/mol. The van der Waals surface area contributed by atoms with Gasteiger partial charge in [-0.25, -0.2) is 0 Å². The number of ether oxygens (including phenoxy) is 16. The van der Waals surface area contributed by atoms with Gasteiger partial charge < -0.3 is 189 Å². The number of ketones is 2. The Morgan fingerprint density at radius 3 is 0.908 bits per heavy atom. The first-order valence-electron chi connectivity index (χ1n) is 35.6. The summed E-state index contributed by atoms with van der Waals surface area (Å²) in [5.41, 5.74) is 0. The van der Waals surface area contributed by atoms with Crippen LogP contribution in [0, 0.1) is 5.92 Å². The van der Waals surface area contributed by atoms with Crippen molar-refractivity contribution >= 4 is 72.2 Å². The van der Waals surface area contributed by atoms with E-state index in [9.17, 15) is 116 Å². The number of aliphatic hydroxyl groups excluding tert-OH is 19. The summed E-state index contributed by atoms with van der Waals surface area (Å²) in [5.74, 6) is -2.89. The third kappa shape index (κ3) is 23.6. The number of rotatable bonds is 31. The lowest BCUT2D eigenvalue weighted by Gasteiger charge is -2.50. The van der Waals surface area contributed by atoms with E-state index in [4.69, 9.17) is 75.8 Å². The van der Waals surface area contributed by atoms with E-state index in [1.807, 2.05) is 0 Å². The molecule has 21 heterocycles. The normalized spacial score (nSPS) is 43.0. The number of aliphatic hydroxyl groups is 19. The molecule has 46 heteroatoms. The maximum absolute atomic E-state index is 13.7. The minimum absolute atomic E-state index is 0.0103. The lowest BCUT2D eigenvalue weighted by atomic mass is 9.95. The molecule has 21 fully saturated rings. The molecule has 21 rings (SSSR count). The van der Waals surface area contributed by atoms with Crippen molar-refractivity contribution in [1.29, 1.82) is 0 Å². The minimum Gasteiger partial charge on any atom is -0.394 e. The Morgan fingerprint density at radius 1 is 0.367 bits per heavy atom. The Hall–Kier alpha value is -1.76. The van der Waals surface area contributed by atoms with Gasteiger partial charge >= 0.3 is 0 Å². The molecule has 0 aromatic rings. The van der Waals surface area contributed by atoms with Gasteiger partial charge in [0, 0.05) is 66.9 Å². The zero-order chi connectivity index (χ0) is 79.7. The minimum atomic E-state index is -2.29. The Balaban J connectivity index is 1.09. The average molecular weight is 1660 g/mol. The maximum Gasteiger partial charge on any atom is 0.238 e. The van der Waals surface area contributed by atoms with E-state index in [1.54, 1.807) is 0 Å². The molecule has 0 aromatic carbocycles. The van der Waals surface area contributed by atoms with Crippen molar-refractivity contribution in [2.45, 2.75) is 247 Å². The second-order valence-electron chi connectivity index (χ2n) is 27.1. The van der Waals surface area contributed by atoms with Crippen molar-refractivity contribution in [2.75, 3.05) is 114 Å². The maximum atomic E-state index is 13.7. The molecule has 632 valence electrons. The first-order chi connectivity index (χ1) is 52.1. The zero-order valence-corrected chi connectivity index (χ0v) is 62.8. The number of Topliss-reactive ketones (excluding diaryl/α,β-unsaturated/α-hetero) is 2. The summed E-state index contributed by atoms with van der Waals surface area (Å²) < 4.78 is 94.6. The van der Waals surface area contributed by atoms with Crippen LogP contribution in [-0.4, -0.2) is 456 Å². The van der Waals surface area contributed by atoms with Crippen LogP contribution in [0.4, 0.5) is 0 Å². The molecule has 14 unspecified atom stereocenters. The van der Waals surface area contributed by atoms with E-state index in [1.165, 1.54) is 14.0 Å². The second-order valence-corrected chi connectivity index (χ2v) is 30.1. The third-order valence-electron chi connectivity index (χ3n) is 19.4. The van der Waals surface area contributed by atoms with Gasteiger partial charge in [0.15, 0.2) is 44.0 Å². The largest absolute Gasteiger partial charge is 0.394 e. The van der Waals surface area contributed by atoms with Crippen molar-refractivity contribution in [1.82, 2.24) is 16.0 Å². The topological polar surface area (TPSA) is 636 Å². The SMILES string of the molecule is CN[C@H](CSCC1O[C@H]2O[C@@H]3C(CO)O[C@H](O[C@@H]4C(CO)O[C@H](O[C@@H]5C(CO)O[C@H](O[C@@H]6C(CSC[C@@H](CC(=O)CCOCCOCCC(C)=O)C(=O)NCCS)O[C@H](O[C@@H]7C(CO)O[C@@H](O[C@@H]8C(CO)O[C@@H](O[C@H]1[C@H](O)C2O)C(O)[C@@H]8O)C(O)[C@H]7O)C(O)[C@H]6O)C(O)[C@H]5O)C(O)[C@H]4O)C(O)[C@H]3O)C(=O)NCCS. The molecule has 42 nitrogen and oxygen atoms in total. The van der Waals surface area contributed by atoms with Crippen molar-refractivity contribution in [3.8, 4) is 0 Å². The molecule has 2 amide bonds. The highest BCUT2D eigenvalue weighted by Crippen LogP contribution is 2.40. The summed E-state index contributed by atoms with van der Waals surface area (Å²) >= 11 is 10.2. The van der Waals surface area contributed by atoms with Gasteiger partial charge in [-0.3, -0.25) is 19.2 Å². The zero-order valence-electron chi connectivity index (χ0n) is 59.4. The van der Waals surface area contributed by atoms with E-state index >= 15 is 0 Å². The molecule has 21 aliphatic rings. The first-order valence-corrected chi connectivity index (χ1v) is 39.2. The number of hydrogen-bond donors (Lipinski definition) is 24. The van der Waals surface area contributed by atoms with Crippen molar-refractivity contribution in [3.63, 3.8) is 0 Å². The molecule has 14 bridgehead atoms. The Labute approximate surface area is 644 Å². The molecule has 21 saturated heterocycles. The molecule has 0 aliphatic carbocycles. The van der Waals surface area contributed by atoms with Gasteiger partial charge in [-0.1, -0.05) is 0 Å². The fourth-order valence-corrected chi connectivity index (χ4v) is 15.9. The van der Waals surface area contributed by atoms with Crippen LogP contribution in [0.2, 0.25) is 0 Å². The highest BCUT2D eigenvalue weighted by Gasteiger charge is 2.60. The number of amides is 2. The van der Waals surface area contributed by atoms with Gasteiger partial charge in [-0.2, -0.15) is 48.8 Å². The van der Waals surface area contributed by atoms with Crippen LogP contribution in [0.5, 0.6) is 0 Å².